The van der Waals surface area contributed by atoms with E-state index in [9.17, 15) is 9.59 Å². The van der Waals surface area contributed by atoms with Crippen molar-refractivity contribution in [3.63, 3.8) is 0 Å². The first-order valence-corrected chi connectivity index (χ1v) is 6.03. The Bertz CT molecular complexity index is 308. The molecule has 0 bridgehead atoms. The number of carboxylic acid groups (broad SMARTS) is 2. The maximum absolute atomic E-state index is 11.0. The second-order valence-corrected chi connectivity index (χ2v) is 3.78. The zero-order valence-corrected chi connectivity index (χ0v) is 10.8. The molecule has 0 spiro atoms. The molecule has 18 heavy (non-hydrogen) atoms. The highest BCUT2D eigenvalue weighted by atomic mass is 17.2. The van der Waals surface area contributed by atoms with Crippen LogP contribution in [0, 0.1) is 0 Å². The smallest absolute Gasteiger partial charge is 0.375 e. The molecule has 0 aromatic carbocycles. The van der Waals surface area contributed by atoms with E-state index in [0.717, 1.165) is 12.8 Å². The number of aliphatic carboxylic acids is 2. The number of carboxylic acids is 2. The Morgan fingerprint density at radius 2 is 1.61 bits per heavy atom. The zero-order valence-electron chi connectivity index (χ0n) is 10.8. The summed E-state index contributed by atoms with van der Waals surface area (Å²) in [5, 5.41) is 17.9. The third kappa shape index (κ3) is 6.24. The number of unbranched alkanes of at least 4 members (excludes halogenated alkanes) is 2. The Balaban J connectivity index is 4.74. The lowest BCUT2D eigenvalue weighted by Crippen LogP contribution is -2.15. The van der Waals surface area contributed by atoms with Crippen molar-refractivity contribution in [3.8, 4) is 0 Å². The molecule has 0 aliphatic rings. The van der Waals surface area contributed by atoms with Gasteiger partial charge >= 0.3 is 11.9 Å². The first-order chi connectivity index (χ1) is 8.54. The number of carbonyl (C=O) groups is 2. The molecule has 0 saturated carbocycles. The summed E-state index contributed by atoms with van der Waals surface area (Å²) in [6, 6.07) is 0. The van der Waals surface area contributed by atoms with Crippen molar-refractivity contribution < 1.29 is 29.6 Å². The van der Waals surface area contributed by atoms with Gasteiger partial charge in [-0.25, -0.2) is 9.59 Å². The average molecular weight is 260 g/mol. The summed E-state index contributed by atoms with van der Waals surface area (Å²) in [6.07, 6.45) is 3.07. The summed E-state index contributed by atoms with van der Waals surface area (Å²) in [5.41, 5.74) is -0.263. The van der Waals surface area contributed by atoms with Crippen LogP contribution in [0.1, 0.15) is 46.0 Å². The molecular formula is C12H20O6. The molecule has 0 fully saturated rings. The van der Waals surface area contributed by atoms with Crippen LogP contribution in [0.4, 0.5) is 0 Å². The Morgan fingerprint density at radius 1 is 1.00 bits per heavy atom. The topological polar surface area (TPSA) is 93.1 Å². The van der Waals surface area contributed by atoms with Gasteiger partial charge in [0.2, 0.25) is 0 Å². The third-order valence-corrected chi connectivity index (χ3v) is 2.23. The van der Waals surface area contributed by atoms with E-state index < -0.39 is 17.7 Å². The van der Waals surface area contributed by atoms with Crippen LogP contribution >= 0.6 is 0 Å². The zero-order chi connectivity index (χ0) is 14.0. The predicted octanol–water partition coefficient (Wildman–Crippen LogP) is 2.35. The third-order valence-electron chi connectivity index (χ3n) is 2.23. The highest BCUT2D eigenvalue weighted by Crippen LogP contribution is 2.15. The van der Waals surface area contributed by atoms with Gasteiger partial charge in [-0.2, -0.15) is 4.89 Å². The van der Waals surface area contributed by atoms with Gasteiger partial charge < -0.3 is 15.1 Å². The molecule has 6 nitrogen and oxygen atoms in total. The molecule has 0 aromatic rings. The minimum atomic E-state index is -1.43. The molecule has 104 valence electrons. The van der Waals surface area contributed by atoms with E-state index in [1.165, 1.54) is 0 Å². The molecule has 2 N–H and O–H groups in total. The minimum Gasteiger partial charge on any atom is -0.478 e. The molecule has 0 aliphatic heterocycles. The van der Waals surface area contributed by atoms with Gasteiger partial charge in [-0.3, -0.25) is 0 Å². The van der Waals surface area contributed by atoms with Crippen LogP contribution in [0.3, 0.4) is 0 Å². The molecule has 6 heteroatoms. The molecule has 0 aliphatic carbocycles. The van der Waals surface area contributed by atoms with Crippen molar-refractivity contribution in [1.29, 1.82) is 0 Å². The lowest BCUT2D eigenvalue weighted by Gasteiger charge is -2.08. The molecule has 0 heterocycles. The summed E-state index contributed by atoms with van der Waals surface area (Å²) in [6.45, 7) is 4.06. The standard InChI is InChI=1S/C12H20O6/c1-3-5-7-9(11(13)14)10(12(15)16)18-17-8-6-4-2/h3-8H2,1-2H3,(H,13,14)(H,15,16). The monoisotopic (exact) mass is 260 g/mol. The van der Waals surface area contributed by atoms with Gasteiger partial charge in [0, 0.05) is 0 Å². The first kappa shape index (κ1) is 16.4. The molecule has 0 radical (unpaired) electrons. The molecule has 0 atom stereocenters. The summed E-state index contributed by atoms with van der Waals surface area (Å²) in [4.78, 5) is 31.3. The molecular weight excluding hydrogens is 240 g/mol. The van der Waals surface area contributed by atoms with Crippen molar-refractivity contribution in [1.82, 2.24) is 0 Å². The van der Waals surface area contributed by atoms with Crippen LogP contribution in [0.15, 0.2) is 11.3 Å². The SMILES string of the molecule is CCCCOOC(C(=O)O)=C(CCCC)C(=O)O. The van der Waals surface area contributed by atoms with Crippen LogP contribution in [-0.4, -0.2) is 28.8 Å². The Labute approximate surface area is 106 Å². The quantitative estimate of drug-likeness (QED) is 0.206. The van der Waals surface area contributed by atoms with E-state index in [1.54, 1.807) is 0 Å². The van der Waals surface area contributed by atoms with Gasteiger partial charge in [0.05, 0.1) is 12.2 Å². The van der Waals surface area contributed by atoms with Crippen LogP contribution in [0.2, 0.25) is 0 Å². The highest BCUT2D eigenvalue weighted by molar-refractivity contribution is 5.97. The average Bonchev–Trinajstić information content (AvgIpc) is 2.31. The fourth-order valence-electron chi connectivity index (χ4n) is 1.19. The van der Waals surface area contributed by atoms with E-state index >= 15 is 0 Å². The van der Waals surface area contributed by atoms with E-state index in [-0.39, 0.29) is 18.6 Å². The second-order valence-electron chi connectivity index (χ2n) is 3.78. The van der Waals surface area contributed by atoms with Crippen molar-refractivity contribution >= 4 is 11.9 Å². The van der Waals surface area contributed by atoms with Crippen molar-refractivity contribution in [2.24, 2.45) is 0 Å². The number of rotatable bonds is 10. The van der Waals surface area contributed by atoms with Crippen LogP contribution in [0.5, 0.6) is 0 Å². The van der Waals surface area contributed by atoms with Gasteiger partial charge in [0.1, 0.15) is 0 Å². The largest absolute Gasteiger partial charge is 0.478 e. The van der Waals surface area contributed by atoms with E-state index in [2.05, 4.69) is 4.89 Å². The summed E-state index contributed by atoms with van der Waals surface area (Å²) >= 11 is 0. The van der Waals surface area contributed by atoms with Gasteiger partial charge in [-0.1, -0.05) is 26.7 Å². The minimum absolute atomic E-state index is 0.143. The number of hydrogen-bond donors (Lipinski definition) is 2. The predicted molar refractivity (Wildman–Crippen MR) is 63.8 cm³/mol. The Kier molecular flexibility index (Phi) is 8.65. The van der Waals surface area contributed by atoms with E-state index in [4.69, 9.17) is 15.1 Å². The molecule has 0 aromatic heterocycles. The normalized spacial score (nSPS) is 11.9. The summed E-state index contributed by atoms with van der Waals surface area (Å²) < 4.78 is 0. The van der Waals surface area contributed by atoms with Crippen molar-refractivity contribution in [3.05, 3.63) is 11.3 Å². The molecule has 0 rings (SSSR count). The highest BCUT2D eigenvalue weighted by Gasteiger charge is 2.22. The molecule has 0 unspecified atom stereocenters. The van der Waals surface area contributed by atoms with Crippen molar-refractivity contribution in [2.75, 3.05) is 6.61 Å². The summed E-state index contributed by atoms with van der Waals surface area (Å²) in [7, 11) is 0. The van der Waals surface area contributed by atoms with Crippen LogP contribution < -0.4 is 0 Å². The van der Waals surface area contributed by atoms with Crippen LogP contribution in [-0.2, 0) is 19.4 Å². The maximum Gasteiger partial charge on any atom is 0.375 e. The first-order valence-electron chi connectivity index (χ1n) is 6.03. The van der Waals surface area contributed by atoms with Gasteiger partial charge in [0.15, 0.2) is 0 Å². The molecule has 0 saturated heterocycles. The fourth-order valence-corrected chi connectivity index (χ4v) is 1.19. The fraction of sp³-hybridized carbons (Fsp3) is 0.667. The number of hydrogen-bond acceptors (Lipinski definition) is 4. The van der Waals surface area contributed by atoms with Gasteiger partial charge in [0.25, 0.3) is 5.76 Å². The van der Waals surface area contributed by atoms with Gasteiger partial charge in [-0.15, -0.1) is 0 Å². The summed E-state index contributed by atoms with van der Waals surface area (Å²) in [5.74, 6) is -3.35. The lowest BCUT2D eigenvalue weighted by molar-refractivity contribution is -0.264. The molecule has 0 amide bonds. The Hall–Kier alpha value is -1.56. The van der Waals surface area contributed by atoms with Gasteiger partial charge in [-0.05, 0) is 19.3 Å². The van der Waals surface area contributed by atoms with E-state index in [0.29, 0.717) is 12.8 Å². The van der Waals surface area contributed by atoms with Crippen molar-refractivity contribution in [2.45, 2.75) is 46.0 Å². The lowest BCUT2D eigenvalue weighted by atomic mass is 10.1. The maximum atomic E-state index is 11.0. The Morgan fingerprint density at radius 3 is 2.06 bits per heavy atom. The van der Waals surface area contributed by atoms with Crippen LogP contribution in [0.25, 0.3) is 0 Å². The second kappa shape index (κ2) is 9.47. The van der Waals surface area contributed by atoms with E-state index in [1.807, 2.05) is 13.8 Å².